The van der Waals surface area contributed by atoms with Crippen molar-refractivity contribution in [2.24, 2.45) is 0 Å². The zero-order valence-electron chi connectivity index (χ0n) is 22.0. The molecule has 1 amide bonds. The van der Waals surface area contributed by atoms with Crippen molar-refractivity contribution in [2.45, 2.75) is 37.2 Å². The Balaban J connectivity index is 1.36. The number of rotatable bonds is 10. The van der Waals surface area contributed by atoms with E-state index in [-0.39, 0.29) is 22.9 Å². The van der Waals surface area contributed by atoms with Crippen molar-refractivity contribution in [1.29, 1.82) is 0 Å². The maximum absolute atomic E-state index is 12.8. The average molecular weight is 566 g/mol. The highest BCUT2D eigenvalue weighted by atomic mass is 32.2. The van der Waals surface area contributed by atoms with Crippen molar-refractivity contribution in [3.8, 4) is 17.2 Å². The molecule has 13 heteroatoms. The van der Waals surface area contributed by atoms with Crippen molar-refractivity contribution in [3.63, 3.8) is 0 Å². The Morgan fingerprint density at radius 1 is 0.925 bits per heavy atom. The SMILES string of the molecule is Cc1ncc(C(=O)Nc2cc(Oc3ccc(S(C)(=O)=O)cc3)cc(OC3(COC(=O)c4cnc(C)[nH]4)CC3)c2)[nH]1. The molecule has 2 aromatic heterocycles. The first-order chi connectivity index (χ1) is 19.0. The van der Waals surface area contributed by atoms with Gasteiger partial charge in [0.05, 0.1) is 17.3 Å². The van der Waals surface area contributed by atoms with Crippen LogP contribution in [0.1, 0.15) is 45.5 Å². The normalized spacial score (nSPS) is 13.9. The summed E-state index contributed by atoms with van der Waals surface area (Å²) in [7, 11) is -3.36. The van der Waals surface area contributed by atoms with Crippen LogP contribution in [0.4, 0.5) is 5.69 Å². The molecule has 1 fully saturated rings. The molecule has 2 aromatic carbocycles. The third-order valence-electron chi connectivity index (χ3n) is 6.10. The molecule has 0 atom stereocenters. The van der Waals surface area contributed by atoms with Crippen molar-refractivity contribution < 1.29 is 32.2 Å². The highest BCUT2D eigenvalue weighted by Crippen LogP contribution is 2.42. The zero-order valence-corrected chi connectivity index (χ0v) is 22.8. The highest BCUT2D eigenvalue weighted by molar-refractivity contribution is 7.90. The van der Waals surface area contributed by atoms with Crippen LogP contribution in [-0.4, -0.2) is 58.7 Å². The molecule has 0 saturated heterocycles. The molecular formula is C27H27N5O7S. The van der Waals surface area contributed by atoms with Gasteiger partial charge in [0.1, 0.15) is 52.5 Å². The number of carbonyl (C=O) groups excluding carboxylic acids is 2. The fraction of sp³-hybridized carbons (Fsp3) is 0.259. The predicted octanol–water partition coefficient (Wildman–Crippen LogP) is 3.97. The number of H-pyrrole nitrogens is 2. The molecule has 0 radical (unpaired) electrons. The van der Waals surface area contributed by atoms with Crippen LogP contribution in [0.15, 0.2) is 59.8 Å². The molecule has 0 spiro atoms. The maximum atomic E-state index is 12.8. The van der Waals surface area contributed by atoms with Crippen LogP contribution < -0.4 is 14.8 Å². The number of aryl methyl sites for hydroxylation is 2. The van der Waals surface area contributed by atoms with E-state index < -0.39 is 27.3 Å². The molecule has 1 aliphatic rings. The number of hydrogen-bond acceptors (Lipinski definition) is 9. The molecule has 0 bridgehead atoms. The van der Waals surface area contributed by atoms with Crippen LogP contribution in [0.2, 0.25) is 0 Å². The number of nitrogens with zero attached hydrogens (tertiary/aromatic N) is 2. The predicted molar refractivity (Wildman–Crippen MR) is 144 cm³/mol. The van der Waals surface area contributed by atoms with Crippen LogP contribution in [0.3, 0.4) is 0 Å². The molecule has 1 saturated carbocycles. The number of amides is 1. The van der Waals surface area contributed by atoms with Gasteiger partial charge in [-0.1, -0.05) is 0 Å². The monoisotopic (exact) mass is 565 g/mol. The Kier molecular flexibility index (Phi) is 7.06. The summed E-state index contributed by atoms with van der Waals surface area (Å²) in [5.41, 5.74) is 0.201. The van der Waals surface area contributed by atoms with E-state index in [1.54, 1.807) is 32.0 Å². The molecule has 1 aliphatic carbocycles. The topological polar surface area (TPSA) is 165 Å². The fourth-order valence-corrected chi connectivity index (χ4v) is 4.48. The standard InChI is InChI=1S/C27H27N5O7S/c1-16-28-13-23(30-16)25(33)32-18-10-20(38-19-4-6-22(7-5-19)40(3,35)36)12-21(11-18)39-27(8-9-27)15-37-26(34)24-14-29-17(2)31-24/h4-7,10-14H,8-9,15H2,1-3H3,(H,28,30)(H,29,31)(H,32,33). The van der Waals surface area contributed by atoms with Crippen molar-refractivity contribution in [2.75, 3.05) is 18.2 Å². The van der Waals surface area contributed by atoms with Crippen LogP contribution in [0.25, 0.3) is 0 Å². The number of nitrogens with one attached hydrogen (secondary N) is 3. The molecular weight excluding hydrogens is 538 g/mol. The zero-order chi connectivity index (χ0) is 28.5. The molecule has 12 nitrogen and oxygen atoms in total. The Morgan fingerprint density at radius 2 is 1.55 bits per heavy atom. The van der Waals surface area contributed by atoms with Gasteiger partial charge in [0.25, 0.3) is 5.91 Å². The van der Waals surface area contributed by atoms with E-state index in [1.807, 2.05) is 0 Å². The number of anilines is 1. The number of hydrogen-bond donors (Lipinski definition) is 3. The van der Waals surface area contributed by atoms with E-state index in [0.29, 0.717) is 47.4 Å². The van der Waals surface area contributed by atoms with Gasteiger partial charge in [-0.2, -0.15) is 0 Å². The van der Waals surface area contributed by atoms with Gasteiger partial charge < -0.3 is 29.5 Å². The summed E-state index contributed by atoms with van der Waals surface area (Å²) in [6.07, 6.45) is 5.30. The lowest BCUT2D eigenvalue weighted by Gasteiger charge is -2.19. The number of carbonyl (C=O) groups is 2. The van der Waals surface area contributed by atoms with Gasteiger partial charge in [0.15, 0.2) is 9.84 Å². The van der Waals surface area contributed by atoms with Crippen LogP contribution in [-0.2, 0) is 14.6 Å². The number of sulfone groups is 1. The minimum absolute atomic E-state index is 0.0249. The van der Waals surface area contributed by atoms with Gasteiger partial charge in [-0.05, 0) is 51.0 Å². The third kappa shape index (κ3) is 6.49. The number of imidazole rings is 2. The largest absolute Gasteiger partial charge is 0.483 e. The molecule has 0 aliphatic heterocycles. The van der Waals surface area contributed by atoms with Gasteiger partial charge in [0.2, 0.25) is 0 Å². The van der Waals surface area contributed by atoms with E-state index in [9.17, 15) is 18.0 Å². The molecule has 0 unspecified atom stereocenters. The third-order valence-corrected chi connectivity index (χ3v) is 7.23. The van der Waals surface area contributed by atoms with Crippen molar-refractivity contribution >= 4 is 27.4 Å². The van der Waals surface area contributed by atoms with Gasteiger partial charge in [0, 0.05) is 30.1 Å². The van der Waals surface area contributed by atoms with Gasteiger partial charge in [-0.25, -0.2) is 23.2 Å². The summed E-state index contributed by atoms with van der Waals surface area (Å²) in [5, 5.41) is 2.80. The van der Waals surface area contributed by atoms with Crippen LogP contribution in [0.5, 0.6) is 17.2 Å². The molecule has 2 heterocycles. The van der Waals surface area contributed by atoms with Gasteiger partial charge in [-0.3, -0.25) is 4.79 Å². The van der Waals surface area contributed by atoms with E-state index in [1.165, 1.54) is 36.7 Å². The molecule has 208 valence electrons. The first-order valence-electron chi connectivity index (χ1n) is 12.3. The summed E-state index contributed by atoms with van der Waals surface area (Å²) in [6, 6.07) is 10.9. The average Bonchev–Trinajstić information content (AvgIpc) is 3.27. The molecule has 40 heavy (non-hydrogen) atoms. The number of benzene rings is 2. The Labute approximate surface area is 230 Å². The van der Waals surface area contributed by atoms with Gasteiger partial charge >= 0.3 is 5.97 Å². The van der Waals surface area contributed by atoms with E-state index in [0.717, 1.165) is 6.26 Å². The minimum Gasteiger partial charge on any atom is -0.483 e. The number of ether oxygens (including phenoxy) is 3. The first-order valence-corrected chi connectivity index (χ1v) is 14.2. The molecule has 5 rings (SSSR count). The summed E-state index contributed by atoms with van der Waals surface area (Å²) in [5.74, 6) is 1.36. The minimum atomic E-state index is -3.36. The number of esters is 1. The summed E-state index contributed by atoms with van der Waals surface area (Å²) in [6.45, 7) is 3.50. The van der Waals surface area contributed by atoms with Crippen molar-refractivity contribution in [3.05, 3.63) is 77.9 Å². The summed E-state index contributed by atoms with van der Waals surface area (Å²) >= 11 is 0. The summed E-state index contributed by atoms with van der Waals surface area (Å²) < 4.78 is 41.3. The van der Waals surface area contributed by atoms with E-state index in [4.69, 9.17) is 14.2 Å². The Bertz CT molecular complexity index is 1670. The summed E-state index contributed by atoms with van der Waals surface area (Å²) in [4.78, 5) is 39.1. The Hall–Kier alpha value is -4.65. The maximum Gasteiger partial charge on any atom is 0.356 e. The molecule has 4 aromatic rings. The second kappa shape index (κ2) is 10.5. The number of aromatic nitrogens is 4. The smallest absolute Gasteiger partial charge is 0.356 e. The second-order valence-electron chi connectivity index (χ2n) is 9.62. The van der Waals surface area contributed by atoms with Crippen molar-refractivity contribution in [1.82, 2.24) is 19.9 Å². The van der Waals surface area contributed by atoms with Crippen LogP contribution >= 0.6 is 0 Å². The quantitative estimate of drug-likeness (QED) is 0.241. The van der Waals surface area contributed by atoms with Gasteiger partial charge in [-0.15, -0.1) is 0 Å². The van der Waals surface area contributed by atoms with E-state index >= 15 is 0 Å². The lowest BCUT2D eigenvalue weighted by Crippen LogP contribution is -2.27. The Morgan fingerprint density at radius 3 is 2.12 bits per heavy atom. The lowest BCUT2D eigenvalue weighted by atomic mass is 10.2. The highest BCUT2D eigenvalue weighted by Gasteiger charge is 2.47. The van der Waals surface area contributed by atoms with E-state index in [2.05, 4.69) is 25.3 Å². The lowest BCUT2D eigenvalue weighted by molar-refractivity contribution is 0.0244. The molecule has 3 N–H and O–H groups in total. The number of aromatic amines is 2. The first kappa shape index (κ1) is 26.9. The van der Waals surface area contributed by atoms with Crippen LogP contribution in [0, 0.1) is 13.8 Å². The second-order valence-corrected chi connectivity index (χ2v) is 11.6. The fourth-order valence-electron chi connectivity index (χ4n) is 3.85.